The van der Waals surface area contributed by atoms with Gasteiger partial charge in [0.05, 0.1) is 12.6 Å². The van der Waals surface area contributed by atoms with E-state index in [0.29, 0.717) is 18.9 Å². The van der Waals surface area contributed by atoms with Crippen molar-refractivity contribution in [2.45, 2.75) is 31.8 Å². The van der Waals surface area contributed by atoms with Crippen molar-refractivity contribution in [3.63, 3.8) is 0 Å². The molecule has 1 atom stereocenters. The Labute approximate surface area is 121 Å². The molecule has 0 saturated heterocycles. The Morgan fingerprint density at radius 3 is 2.67 bits per heavy atom. The topological polar surface area (TPSA) is 73.1 Å². The summed E-state index contributed by atoms with van der Waals surface area (Å²) in [5.74, 6) is -2.08. The lowest BCUT2D eigenvalue weighted by atomic mass is 9.69. The highest BCUT2D eigenvalue weighted by molar-refractivity contribution is 5.86. The number of carbonyl (C=O) groups is 1. The summed E-state index contributed by atoms with van der Waals surface area (Å²) in [6, 6.07) is 4.85. The van der Waals surface area contributed by atoms with Gasteiger partial charge in [-0.1, -0.05) is 6.07 Å². The number of aliphatic hydroxyl groups is 1. The van der Waals surface area contributed by atoms with E-state index in [-0.39, 0.29) is 12.1 Å². The summed E-state index contributed by atoms with van der Waals surface area (Å²) in [6.07, 6.45) is 1.79. The molecule has 1 aliphatic rings. The summed E-state index contributed by atoms with van der Waals surface area (Å²) in [4.78, 5) is 12.0. The van der Waals surface area contributed by atoms with E-state index in [1.807, 2.05) is 6.07 Å². The van der Waals surface area contributed by atoms with E-state index >= 15 is 0 Å². The van der Waals surface area contributed by atoms with Crippen LogP contribution in [0, 0.1) is 28.4 Å². The van der Waals surface area contributed by atoms with Crippen LogP contribution in [0.2, 0.25) is 0 Å². The fraction of sp³-hybridized carbons (Fsp3) is 0.467. The largest absolute Gasteiger partial charge is 0.383 e. The van der Waals surface area contributed by atoms with Gasteiger partial charge >= 0.3 is 0 Å². The zero-order chi connectivity index (χ0) is 15.7. The first-order valence-corrected chi connectivity index (χ1v) is 6.68. The van der Waals surface area contributed by atoms with Crippen LogP contribution in [0.15, 0.2) is 18.2 Å². The van der Waals surface area contributed by atoms with Crippen molar-refractivity contribution in [1.82, 2.24) is 5.32 Å². The van der Waals surface area contributed by atoms with Crippen LogP contribution in [0.25, 0.3) is 0 Å². The highest BCUT2D eigenvalue weighted by Crippen LogP contribution is 2.40. The molecule has 4 nitrogen and oxygen atoms in total. The molecule has 0 aliphatic heterocycles. The molecule has 0 bridgehead atoms. The minimum Gasteiger partial charge on any atom is -0.383 e. The van der Waals surface area contributed by atoms with E-state index in [2.05, 4.69) is 5.32 Å². The first-order valence-electron chi connectivity index (χ1n) is 6.68. The Morgan fingerprint density at radius 2 is 2.19 bits per heavy atom. The van der Waals surface area contributed by atoms with E-state index in [1.165, 1.54) is 6.92 Å². The lowest BCUT2D eigenvalue weighted by Gasteiger charge is -2.34. The van der Waals surface area contributed by atoms with Gasteiger partial charge in [-0.25, -0.2) is 8.78 Å². The zero-order valence-corrected chi connectivity index (χ0v) is 11.6. The van der Waals surface area contributed by atoms with Gasteiger partial charge in [-0.2, -0.15) is 5.26 Å². The molecule has 21 heavy (non-hydrogen) atoms. The van der Waals surface area contributed by atoms with Crippen LogP contribution in [0.4, 0.5) is 8.78 Å². The summed E-state index contributed by atoms with van der Waals surface area (Å²) in [6.45, 7) is 1.07. The molecular weight excluding hydrogens is 278 g/mol. The smallest absolute Gasteiger partial charge is 0.240 e. The van der Waals surface area contributed by atoms with Crippen LogP contribution in [-0.2, 0) is 10.4 Å². The number of rotatable bonds is 4. The third-order valence-electron chi connectivity index (χ3n) is 3.96. The lowest BCUT2D eigenvalue weighted by molar-refractivity contribution is -0.133. The van der Waals surface area contributed by atoms with Crippen LogP contribution >= 0.6 is 0 Å². The summed E-state index contributed by atoms with van der Waals surface area (Å²) < 4.78 is 26.6. The van der Waals surface area contributed by atoms with E-state index in [4.69, 9.17) is 5.26 Å². The monoisotopic (exact) mass is 294 g/mol. The Bertz CT molecular complexity index is 604. The molecule has 1 amide bonds. The first-order chi connectivity index (χ1) is 9.81. The molecule has 2 rings (SSSR count). The third-order valence-corrected chi connectivity index (χ3v) is 3.96. The highest BCUT2D eigenvalue weighted by atomic mass is 19.1. The predicted molar refractivity (Wildman–Crippen MR) is 70.8 cm³/mol. The van der Waals surface area contributed by atoms with Crippen molar-refractivity contribution in [2.24, 2.45) is 5.41 Å². The second-order valence-corrected chi connectivity index (χ2v) is 5.63. The fourth-order valence-electron chi connectivity index (χ4n) is 2.36. The molecule has 112 valence electrons. The molecule has 1 aromatic carbocycles. The minimum atomic E-state index is -1.69. The maximum Gasteiger partial charge on any atom is 0.240 e. The molecule has 1 aliphatic carbocycles. The number of carbonyl (C=O) groups excluding carboxylic acids is 1. The lowest BCUT2D eigenvalue weighted by Crippen LogP contribution is -2.48. The molecule has 1 saturated carbocycles. The Hall–Kier alpha value is -2.00. The Kier molecular flexibility index (Phi) is 3.97. The molecule has 1 unspecified atom stereocenters. The van der Waals surface area contributed by atoms with Gasteiger partial charge in [0.1, 0.15) is 22.7 Å². The number of nitriles is 1. The standard InChI is InChI=1S/C15H16F2N2O2/c1-14(21,11-4-3-10(16)7-12(11)17)9-19-13(20)15(8-18)5-2-6-15/h3-4,7,21H,2,5-6,9H2,1H3,(H,19,20). The molecule has 0 radical (unpaired) electrons. The van der Waals surface area contributed by atoms with Gasteiger partial charge in [-0.3, -0.25) is 4.79 Å². The number of nitrogens with one attached hydrogen (secondary N) is 1. The quantitative estimate of drug-likeness (QED) is 0.892. The van der Waals surface area contributed by atoms with Crippen molar-refractivity contribution in [3.05, 3.63) is 35.4 Å². The van der Waals surface area contributed by atoms with Gasteiger partial charge in [0, 0.05) is 11.6 Å². The fourth-order valence-corrected chi connectivity index (χ4v) is 2.36. The number of amides is 1. The maximum atomic E-state index is 13.7. The molecule has 2 N–H and O–H groups in total. The molecule has 0 spiro atoms. The van der Waals surface area contributed by atoms with E-state index in [1.54, 1.807) is 0 Å². The first kappa shape index (κ1) is 15.4. The summed E-state index contributed by atoms with van der Waals surface area (Å²) in [5.41, 5.74) is -2.82. The predicted octanol–water partition coefficient (Wildman–Crippen LogP) is 1.98. The minimum absolute atomic E-state index is 0.108. The molecule has 1 aromatic rings. The second kappa shape index (κ2) is 5.41. The van der Waals surface area contributed by atoms with Crippen LogP contribution in [0.3, 0.4) is 0 Å². The van der Waals surface area contributed by atoms with Gasteiger partial charge < -0.3 is 10.4 Å². The average Bonchev–Trinajstić information content (AvgIpc) is 2.35. The summed E-state index contributed by atoms with van der Waals surface area (Å²) >= 11 is 0. The van der Waals surface area contributed by atoms with Crippen LogP contribution in [0.5, 0.6) is 0 Å². The second-order valence-electron chi connectivity index (χ2n) is 5.63. The van der Waals surface area contributed by atoms with Gasteiger partial charge in [0.25, 0.3) is 0 Å². The zero-order valence-electron chi connectivity index (χ0n) is 11.6. The maximum absolute atomic E-state index is 13.7. The third kappa shape index (κ3) is 2.88. The van der Waals surface area contributed by atoms with Gasteiger partial charge in [-0.05, 0) is 32.3 Å². The van der Waals surface area contributed by atoms with E-state index < -0.39 is 28.6 Å². The Morgan fingerprint density at radius 1 is 1.52 bits per heavy atom. The average molecular weight is 294 g/mol. The van der Waals surface area contributed by atoms with Crippen molar-refractivity contribution < 1.29 is 18.7 Å². The summed E-state index contributed by atoms with van der Waals surface area (Å²) in [5, 5.41) is 21.8. The number of halogens is 2. The molecule has 6 heteroatoms. The molecular formula is C15H16F2N2O2. The van der Waals surface area contributed by atoms with Crippen molar-refractivity contribution >= 4 is 5.91 Å². The van der Waals surface area contributed by atoms with E-state index in [0.717, 1.165) is 18.6 Å². The van der Waals surface area contributed by atoms with Crippen molar-refractivity contribution in [2.75, 3.05) is 6.54 Å². The van der Waals surface area contributed by atoms with Crippen LogP contribution < -0.4 is 5.32 Å². The van der Waals surface area contributed by atoms with Crippen molar-refractivity contribution in [1.29, 1.82) is 5.26 Å². The highest BCUT2D eigenvalue weighted by Gasteiger charge is 2.45. The summed E-state index contributed by atoms with van der Waals surface area (Å²) in [7, 11) is 0. The van der Waals surface area contributed by atoms with E-state index in [9.17, 15) is 18.7 Å². The molecule has 1 fully saturated rings. The van der Waals surface area contributed by atoms with Crippen molar-refractivity contribution in [3.8, 4) is 6.07 Å². The number of nitrogens with zero attached hydrogens (tertiary/aromatic N) is 1. The molecule has 0 heterocycles. The Balaban J connectivity index is 2.08. The van der Waals surface area contributed by atoms with Gasteiger partial charge in [0.15, 0.2) is 0 Å². The van der Waals surface area contributed by atoms with Crippen LogP contribution in [-0.4, -0.2) is 17.6 Å². The molecule has 0 aromatic heterocycles. The van der Waals surface area contributed by atoms with Crippen LogP contribution in [0.1, 0.15) is 31.7 Å². The number of hydrogen-bond acceptors (Lipinski definition) is 3. The number of benzene rings is 1. The van der Waals surface area contributed by atoms with Gasteiger partial charge in [0.2, 0.25) is 5.91 Å². The normalized spacial score (nSPS) is 19.0. The van der Waals surface area contributed by atoms with Gasteiger partial charge in [-0.15, -0.1) is 0 Å². The number of hydrogen-bond donors (Lipinski definition) is 2. The SMILES string of the molecule is CC(O)(CNC(=O)C1(C#N)CCC1)c1ccc(F)cc1F.